The van der Waals surface area contributed by atoms with Gasteiger partial charge >= 0.3 is 0 Å². The van der Waals surface area contributed by atoms with Crippen molar-refractivity contribution in [2.45, 2.75) is 65.8 Å². The fourth-order valence-electron chi connectivity index (χ4n) is 3.34. The van der Waals surface area contributed by atoms with Crippen molar-refractivity contribution in [1.82, 2.24) is 10.6 Å². The minimum Gasteiger partial charge on any atom is -0.346 e. The third kappa shape index (κ3) is 11.4. The van der Waals surface area contributed by atoms with Crippen molar-refractivity contribution < 1.29 is 24.0 Å². The van der Waals surface area contributed by atoms with Crippen LogP contribution in [0.4, 0.5) is 0 Å². The maximum absolute atomic E-state index is 13.2. The Morgan fingerprint density at radius 2 is 1.61 bits per heavy atom. The second-order valence-corrected chi connectivity index (χ2v) is 8.95. The van der Waals surface area contributed by atoms with Gasteiger partial charge in [0.25, 0.3) is 0 Å². The third-order valence-electron chi connectivity index (χ3n) is 5.14. The Morgan fingerprint density at radius 3 is 2.15 bits per heavy atom. The molecular weight excluding hydrogens is 420 g/mol. The third-order valence-corrected chi connectivity index (χ3v) is 5.14. The van der Waals surface area contributed by atoms with Gasteiger partial charge in [-0.2, -0.15) is 0 Å². The van der Waals surface area contributed by atoms with Crippen LogP contribution < -0.4 is 10.6 Å². The maximum Gasteiger partial charge on any atom is 0.246 e. The van der Waals surface area contributed by atoms with Crippen molar-refractivity contribution in [2.75, 3.05) is 6.54 Å². The minimum atomic E-state index is -0.714. The zero-order valence-electron chi connectivity index (χ0n) is 20.1. The van der Waals surface area contributed by atoms with Crippen molar-refractivity contribution in [3.05, 3.63) is 48.0 Å². The summed E-state index contributed by atoms with van der Waals surface area (Å²) in [6, 6.07) is 8.60. The molecule has 0 aromatic heterocycles. The van der Waals surface area contributed by atoms with E-state index in [4.69, 9.17) is 0 Å². The Labute approximate surface area is 196 Å². The van der Waals surface area contributed by atoms with Crippen LogP contribution in [0.2, 0.25) is 0 Å². The van der Waals surface area contributed by atoms with Crippen LogP contribution in [0.3, 0.4) is 0 Å². The number of hydrogen-bond donors (Lipinski definition) is 2. The van der Waals surface area contributed by atoms with Gasteiger partial charge in [0.05, 0.1) is 12.6 Å². The molecule has 0 radical (unpaired) electrons. The number of ketones is 3. The molecule has 2 unspecified atom stereocenters. The monoisotopic (exact) mass is 456 g/mol. The number of hydrogen-bond acceptors (Lipinski definition) is 5. The number of carbonyl (C=O) groups is 5. The molecule has 2 atom stereocenters. The Hall–Kier alpha value is -3.09. The van der Waals surface area contributed by atoms with Crippen LogP contribution in [0.25, 0.3) is 0 Å². The van der Waals surface area contributed by atoms with Crippen molar-refractivity contribution in [3.63, 3.8) is 0 Å². The van der Waals surface area contributed by atoms with E-state index >= 15 is 0 Å². The first kappa shape index (κ1) is 27.9. The van der Waals surface area contributed by atoms with E-state index < -0.39 is 17.9 Å². The number of benzene rings is 1. The number of Topliss-reactive ketones (excluding diaryl/α,β-unsaturated/α-hetero) is 3. The summed E-state index contributed by atoms with van der Waals surface area (Å²) in [5, 5.41) is 5.32. The molecule has 2 N–H and O–H groups in total. The number of carbonyl (C=O) groups excluding carboxylic acids is 5. The first-order valence-electron chi connectivity index (χ1n) is 11.3. The predicted molar refractivity (Wildman–Crippen MR) is 127 cm³/mol. The summed E-state index contributed by atoms with van der Waals surface area (Å²) in [4.78, 5) is 61.3. The molecule has 1 rings (SSSR count). The molecule has 180 valence electrons. The molecule has 33 heavy (non-hydrogen) atoms. The lowest BCUT2D eigenvalue weighted by Crippen LogP contribution is -2.45. The molecule has 7 nitrogen and oxygen atoms in total. The van der Waals surface area contributed by atoms with Crippen LogP contribution in [0, 0.1) is 11.8 Å². The van der Waals surface area contributed by atoms with Crippen molar-refractivity contribution in [3.8, 4) is 0 Å². The number of rotatable bonds is 15. The van der Waals surface area contributed by atoms with E-state index in [2.05, 4.69) is 17.2 Å². The van der Waals surface area contributed by atoms with Crippen LogP contribution in [-0.4, -0.2) is 41.8 Å². The maximum atomic E-state index is 13.2. The second kappa shape index (κ2) is 14.1. The van der Waals surface area contributed by atoms with E-state index in [9.17, 15) is 24.0 Å². The summed E-state index contributed by atoms with van der Waals surface area (Å²) in [5.41, 5.74) is 1.18. The normalized spacial score (nSPS) is 12.5. The first-order chi connectivity index (χ1) is 15.5. The van der Waals surface area contributed by atoms with E-state index in [-0.39, 0.29) is 55.0 Å². The lowest BCUT2D eigenvalue weighted by Gasteiger charge is -2.23. The Balaban J connectivity index is 2.96. The van der Waals surface area contributed by atoms with Crippen molar-refractivity contribution in [1.29, 1.82) is 0 Å². The molecule has 7 heteroatoms. The molecule has 0 spiro atoms. The Morgan fingerprint density at radius 1 is 0.970 bits per heavy atom. The van der Waals surface area contributed by atoms with Gasteiger partial charge in [-0.3, -0.25) is 19.2 Å². The van der Waals surface area contributed by atoms with Gasteiger partial charge in [0, 0.05) is 30.8 Å². The predicted octanol–water partition coefficient (Wildman–Crippen LogP) is 2.97. The molecule has 0 saturated carbocycles. The van der Waals surface area contributed by atoms with E-state index in [0.29, 0.717) is 18.4 Å². The van der Waals surface area contributed by atoms with E-state index in [1.807, 2.05) is 44.2 Å². The van der Waals surface area contributed by atoms with Crippen LogP contribution in [0.5, 0.6) is 0 Å². The Bertz CT molecular complexity index is 861. The molecule has 1 aromatic rings. The summed E-state index contributed by atoms with van der Waals surface area (Å²) < 4.78 is 0. The lowest BCUT2D eigenvalue weighted by atomic mass is 9.91. The summed E-state index contributed by atoms with van der Waals surface area (Å²) >= 11 is 0. The average molecular weight is 457 g/mol. The fourth-order valence-corrected chi connectivity index (χ4v) is 3.34. The highest BCUT2D eigenvalue weighted by molar-refractivity contribution is 5.96. The highest BCUT2D eigenvalue weighted by atomic mass is 16.2. The summed E-state index contributed by atoms with van der Waals surface area (Å²) in [7, 11) is 0. The first-order valence-corrected chi connectivity index (χ1v) is 11.3. The van der Waals surface area contributed by atoms with Gasteiger partial charge in [0.1, 0.15) is 5.78 Å². The molecule has 0 fully saturated rings. The number of amides is 2. The van der Waals surface area contributed by atoms with Gasteiger partial charge < -0.3 is 15.4 Å². The van der Waals surface area contributed by atoms with Gasteiger partial charge in [-0.25, -0.2) is 0 Å². The minimum absolute atomic E-state index is 0.0716. The van der Waals surface area contributed by atoms with E-state index in [0.717, 1.165) is 5.56 Å². The lowest BCUT2D eigenvalue weighted by molar-refractivity contribution is -0.133. The van der Waals surface area contributed by atoms with Crippen LogP contribution in [0.15, 0.2) is 42.5 Å². The smallest absolute Gasteiger partial charge is 0.246 e. The zero-order chi connectivity index (χ0) is 25.0. The van der Waals surface area contributed by atoms with Gasteiger partial charge in [-0.15, -0.1) is 0 Å². The average Bonchev–Trinajstić information content (AvgIpc) is 2.75. The van der Waals surface area contributed by atoms with E-state index in [1.54, 1.807) is 6.92 Å². The van der Waals surface area contributed by atoms with Gasteiger partial charge in [0.2, 0.25) is 11.8 Å². The van der Waals surface area contributed by atoms with Gasteiger partial charge in [-0.05, 0) is 38.2 Å². The second-order valence-electron chi connectivity index (χ2n) is 8.95. The zero-order valence-corrected chi connectivity index (χ0v) is 20.1. The Kier molecular flexibility index (Phi) is 12.0. The molecule has 0 saturated heterocycles. The summed E-state index contributed by atoms with van der Waals surface area (Å²) in [5.74, 6) is -1.90. The highest BCUT2D eigenvalue weighted by Gasteiger charge is 2.28. The molecule has 0 bridgehead atoms. The van der Waals surface area contributed by atoms with Crippen molar-refractivity contribution >= 4 is 29.2 Å². The summed E-state index contributed by atoms with van der Waals surface area (Å²) in [6.07, 6.45) is 0.902. The molecule has 2 amide bonds. The molecule has 1 aromatic carbocycles. The molecule has 0 aliphatic rings. The van der Waals surface area contributed by atoms with Crippen LogP contribution in [0.1, 0.15) is 58.9 Å². The van der Waals surface area contributed by atoms with E-state index in [1.165, 1.54) is 6.92 Å². The molecule has 0 aliphatic carbocycles. The fraction of sp³-hybridized carbons (Fsp3) is 0.500. The molecule has 0 aliphatic heterocycles. The summed E-state index contributed by atoms with van der Waals surface area (Å²) in [6.45, 7) is 10.2. The highest BCUT2D eigenvalue weighted by Crippen LogP contribution is 2.16. The quantitative estimate of drug-likeness (QED) is 0.394. The van der Waals surface area contributed by atoms with Crippen LogP contribution >= 0.6 is 0 Å². The van der Waals surface area contributed by atoms with Crippen LogP contribution in [-0.2, 0) is 30.4 Å². The molecule has 0 heterocycles. The largest absolute Gasteiger partial charge is 0.346 e. The van der Waals surface area contributed by atoms with Gasteiger partial charge in [-0.1, -0.05) is 50.8 Å². The topological polar surface area (TPSA) is 109 Å². The molecular formula is C26H36N2O5. The van der Waals surface area contributed by atoms with Crippen molar-refractivity contribution in [2.24, 2.45) is 11.8 Å². The number of nitrogens with one attached hydrogen (secondary N) is 2. The van der Waals surface area contributed by atoms with Gasteiger partial charge in [0.15, 0.2) is 11.6 Å². The SMILES string of the molecule is C=C(C)C(=O)NCC(=O)CC(Cc1ccccc1)C(=O)NC(CC(C)C)C(=O)CCC(C)=O. The standard InChI is InChI=1S/C26H36N2O5/c1-17(2)13-23(24(31)12-11-19(5)29)28-26(33)21(14-20-9-7-6-8-10-20)15-22(30)16-27-25(32)18(3)4/h6-10,17,21,23H,3,11-16H2,1-2,4-5H3,(H,27,32)(H,28,33).